The molecule has 1 N–H and O–H groups in total. The molecule has 1 aromatic carbocycles. The van der Waals surface area contributed by atoms with Crippen molar-refractivity contribution in [2.75, 3.05) is 42.9 Å². The first kappa shape index (κ1) is 21.1. The van der Waals surface area contributed by atoms with Gasteiger partial charge in [-0.1, -0.05) is 31.9 Å². The summed E-state index contributed by atoms with van der Waals surface area (Å²) in [5.74, 6) is 1.36. The Morgan fingerprint density at radius 1 is 1.07 bits per heavy atom. The van der Waals surface area contributed by atoms with Crippen LogP contribution in [0, 0.1) is 20.8 Å². The van der Waals surface area contributed by atoms with Gasteiger partial charge in [0.2, 0.25) is 0 Å². The fourth-order valence-corrected chi connectivity index (χ4v) is 3.75. The van der Waals surface area contributed by atoms with E-state index in [2.05, 4.69) is 59.2 Å². The summed E-state index contributed by atoms with van der Waals surface area (Å²) < 4.78 is 0. The monoisotopic (exact) mass is 395 g/mol. The van der Waals surface area contributed by atoms with E-state index in [9.17, 15) is 4.79 Å². The van der Waals surface area contributed by atoms with Gasteiger partial charge in [-0.3, -0.25) is 4.79 Å². The highest BCUT2D eigenvalue weighted by Gasteiger charge is 2.24. The van der Waals surface area contributed by atoms with Crippen molar-refractivity contribution < 1.29 is 4.79 Å². The van der Waals surface area contributed by atoms with Crippen LogP contribution in [0.25, 0.3) is 0 Å². The standard InChI is InChI=1S/C23H33N5O/c1-5-6-7-11-24-22-16-20(25-19(4)26-22)23(29)28-14-12-27(13-15-28)21-10-8-9-17(2)18(21)3/h8-10,16H,5-7,11-15H2,1-4H3,(H,24,25,26). The number of nitrogens with one attached hydrogen (secondary N) is 1. The lowest BCUT2D eigenvalue weighted by Crippen LogP contribution is -2.49. The number of carbonyl (C=O) groups excluding carboxylic acids is 1. The number of piperazine rings is 1. The molecule has 156 valence electrons. The Kier molecular flexibility index (Phi) is 7.07. The van der Waals surface area contributed by atoms with E-state index in [4.69, 9.17) is 0 Å². The molecule has 0 aliphatic carbocycles. The second-order valence-corrected chi connectivity index (χ2v) is 7.82. The lowest BCUT2D eigenvalue weighted by Gasteiger charge is -2.37. The molecule has 2 aromatic rings. The lowest BCUT2D eigenvalue weighted by atomic mass is 10.1. The first-order valence-corrected chi connectivity index (χ1v) is 10.7. The molecule has 0 saturated carbocycles. The minimum atomic E-state index is -0.00674. The molecule has 1 saturated heterocycles. The molecule has 2 heterocycles. The third-order valence-corrected chi connectivity index (χ3v) is 5.63. The van der Waals surface area contributed by atoms with E-state index in [1.807, 2.05) is 11.8 Å². The van der Waals surface area contributed by atoms with E-state index in [1.165, 1.54) is 29.7 Å². The number of aryl methyl sites for hydroxylation is 2. The van der Waals surface area contributed by atoms with Crippen LogP contribution in [0.1, 0.15) is 53.6 Å². The molecule has 1 aliphatic rings. The summed E-state index contributed by atoms with van der Waals surface area (Å²) in [7, 11) is 0. The third kappa shape index (κ3) is 5.25. The number of hydrogen-bond donors (Lipinski definition) is 1. The minimum absolute atomic E-state index is 0.00674. The van der Waals surface area contributed by atoms with Crippen molar-refractivity contribution >= 4 is 17.4 Å². The molecule has 6 nitrogen and oxygen atoms in total. The van der Waals surface area contributed by atoms with Crippen molar-refractivity contribution in [3.05, 3.63) is 46.9 Å². The fraction of sp³-hybridized carbons (Fsp3) is 0.522. The summed E-state index contributed by atoms with van der Waals surface area (Å²) in [4.78, 5) is 26.1. The van der Waals surface area contributed by atoms with Crippen LogP contribution in [0.2, 0.25) is 0 Å². The van der Waals surface area contributed by atoms with Crippen molar-refractivity contribution in [3.63, 3.8) is 0 Å². The van der Waals surface area contributed by atoms with E-state index in [0.29, 0.717) is 24.6 Å². The van der Waals surface area contributed by atoms with Crippen molar-refractivity contribution in [3.8, 4) is 0 Å². The molecule has 1 aliphatic heterocycles. The zero-order valence-corrected chi connectivity index (χ0v) is 18.2. The van der Waals surface area contributed by atoms with Gasteiger partial charge in [0.05, 0.1) is 0 Å². The van der Waals surface area contributed by atoms with Gasteiger partial charge in [-0.25, -0.2) is 9.97 Å². The van der Waals surface area contributed by atoms with Gasteiger partial charge in [0.15, 0.2) is 0 Å². The summed E-state index contributed by atoms with van der Waals surface area (Å²) in [5.41, 5.74) is 4.37. The van der Waals surface area contributed by atoms with Crippen LogP contribution in [-0.4, -0.2) is 53.5 Å². The highest BCUT2D eigenvalue weighted by molar-refractivity contribution is 5.93. The summed E-state index contributed by atoms with van der Waals surface area (Å²) in [6.45, 7) is 12.3. The maximum Gasteiger partial charge on any atom is 0.272 e. The Hall–Kier alpha value is -2.63. The van der Waals surface area contributed by atoms with Crippen molar-refractivity contribution in [1.29, 1.82) is 0 Å². The van der Waals surface area contributed by atoms with E-state index in [-0.39, 0.29) is 5.91 Å². The van der Waals surface area contributed by atoms with Crippen LogP contribution in [0.5, 0.6) is 0 Å². The largest absolute Gasteiger partial charge is 0.370 e. The maximum absolute atomic E-state index is 13.0. The molecule has 3 rings (SSSR count). The molecule has 1 aromatic heterocycles. The second-order valence-electron chi connectivity index (χ2n) is 7.82. The lowest BCUT2D eigenvalue weighted by molar-refractivity contribution is 0.0740. The number of carbonyl (C=O) groups is 1. The third-order valence-electron chi connectivity index (χ3n) is 5.63. The Labute approximate surface area is 174 Å². The number of amides is 1. The smallest absolute Gasteiger partial charge is 0.272 e. The number of aromatic nitrogens is 2. The highest BCUT2D eigenvalue weighted by Crippen LogP contribution is 2.24. The van der Waals surface area contributed by atoms with Crippen LogP contribution in [0.4, 0.5) is 11.5 Å². The van der Waals surface area contributed by atoms with Gasteiger partial charge in [-0.15, -0.1) is 0 Å². The first-order chi connectivity index (χ1) is 14.0. The molecule has 0 atom stereocenters. The van der Waals surface area contributed by atoms with Crippen LogP contribution >= 0.6 is 0 Å². The highest BCUT2D eigenvalue weighted by atomic mass is 16.2. The summed E-state index contributed by atoms with van der Waals surface area (Å²) in [6, 6.07) is 8.21. The van der Waals surface area contributed by atoms with Crippen molar-refractivity contribution in [1.82, 2.24) is 14.9 Å². The SMILES string of the molecule is CCCCCNc1cc(C(=O)N2CCN(c3cccc(C)c3C)CC2)nc(C)n1. The molecule has 0 unspecified atom stereocenters. The van der Waals surface area contributed by atoms with Crippen LogP contribution in [0.15, 0.2) is 24.3 Å². The molecular weight excluding hydrogens is 362 g/mol. The Morgan fingerprint density at radius 2 is 1.83 bits per heavy atom. The van der Waals surface area contributed by atoms with Crippen LogP contribution in [-0.2, 0) is 0 Å². The van der Waals surface area contributed by atoms with Gasteiger partial charge in [-0.05, 0) is 44.4 Å². The van der Waals surface area contributed by atoms with Gasteiger partial charge in [0, 0.05) is 44.5 Å². The molecule has 29 heavy (non-hydrogen) atoms. The number of nitrogens with zero attached hydrogens (tertiary/aromatic N) is 4. The quantitative estimate of drug-likeness (QED) is 0.719. The zero-order valence-electron chi connectivity index (χ0n) is 18.2. The Morgan fingerprint density at radius 3 is 2.55 bits per heavy atom. The van der Waals surface area contributed by atoms with Crippen LogP contribution in [0.3, 0.4) is 0 Å². The second kappa shape index (κ2) is 9.72. The van der Waals surface area contributed by atoms with Gasteiger partial charge in [-0.2, -0.15) is 0 Å². The predicted octanol–water partition coefficient (Wildman–Crippen LogP) is 3.97. The maximum atomic E-state index is 13.0. The van der Waals surface area contributed by atoms with Gasteiger partial charge in [0.25, 0.3) is 5.91 Å². The number of unbranched alkanes of at least 4 members (excludes halogenated alkanes) is 2. The van der Waals surface area contributed by atoms with E-state index >= 15 is 0 Å². The summed E-state index contributed by atoms with van der Waals surface area (Å²) in [6.07, 6.45) is 3.47. The van der Waals surface area contributed by atoms with E-state index in [1.54, 1.807) is 6.07 Å². The van der Waals surface area contributed by atoms with Gasteiger partial charge >= 0.3 is 0 Å². The fourth-order valence-electron chi connectivity index (χ4n) is 3.75. The van der Waals surface area contributed by atoms with E-state index in [0.717, 1.165) is 31.9 Å². The number of anilines is 2. The molecule has 0 spiro atoms. The molecule has 0 bridgehead atoms. The van der Waals surface area contributed by atoms with Crippen molar-refractivity contribution in [2.45, 2.75) is 47.0 Å². The molecular formula is C23H33N5O. The summed E-state index contributed by atoms with van der Waals surface area (Å²) in [5, 5.41) is 3.33. The molecule has 1 amide bonds. The Bertz CT molecular complexity index is 843. The Balaban J connectivity index is 1.63. The van der Waals surface area contributed by atoms with Gasteiger partial charge in [0.1, 0.15) is 17.3 Å². The normalized spacial score (nSPS) is 14.2. The number of hydrogen-bond acceptors (Lipinski definition) is 5. The van der Waals surface area contributed by atoms with Crippen molar-refractivity contribution in [2.24, 2.45) is 0 Å². The minimum Gasteiger partial charge on any atom is -0.370 e. The average molecular weight is 396 g/mol. The zero-order chi connectivity index (χ0) is 20.8. The topological polar surface area (TPSA) is 61.4 Å². The molecule has 6 heteroatoms. The predicted molar refractivity (Wildman–Crippen MR) is 119 cm³/mol. The van der Waals surface area contributed by atoms with Gasteiger partial charge < -0.3 is 15.1 Å². The number of benzene rings is 1. The number of rotatable bonds is 7. The average Bonchev–Trinajstić information content (AvgIpc) is 2.72. The molecule has 1 fully saturated rings. The van der Waals surface area contributed by atoms with Crippen LogP contribution < -0.4 is 10.2 Å². The van der Waals surface area contributed by atoms with E-state index < -0.39 is 0 Å². The summed E-state index contributed by atoms with van der Waals surface area (Å²) >= 11 is 0. The first-order valence-electron chi connectivity index (χ1n) is 10.7. The molecule has 0 radical (unpaired) electrons.